The highest BCUT2D eigenvalue weighted by Gasteiger charge is 2.27. The van der Waals surface area contributed by atoms with Crippen LogP contribution in [0.4, 0.5) is 0 Å². The lowest BCUT2D eigenvalue weighted by Crippen LogP contribution is -2.18. The van der Waals surface area contributed by atoms with Crippen LogP contribution in [0.25, 0.3) is 11.1 Å². The molecule has 0 saturated carbocycles. The van der Waals surface area contributed by atoms with Gasteiger partial charge in [-0.3, -0.25) is 4.98 Å². The second-order valence-corrected chi connectivity index (χ2v) is 10.9. The zero-order valence-corrected chi connectivity index (χ0v) is 20.6. The fraction of sp³-hybridized carbons (Fsp3) is 0.379. The molecule has 1 N–H and O–H groups in total. The predicted molar refractivity (Wildman–Crippen MR) is 134 cm³/mol. The summed E-state index contributed by atoms with van der Waals surface area (Å²) in [6.07, 6.45) is 4.13. The van der Waals surface area contributed by atoms with Gasteiger partial charge in [-0.05, 0) is 64.1 Å². The number of aromatic nitrogens is 2. The number of oxazole rings is 1. The highest BCUT2D eigenvalue weighted by molar-refractivity contribution is 5.76. The van der Waals surface area contributed by atoms with Crippen molar-refractivity contribution in [3.05, 3.63) is 88.6 Å². The molecule has 0 aliphatic heterocycles. The van der Waals surface area contributed by atoms with Crippen LogP contribution >= 0.6 is 0 Å². The number of nitrogens with zero attached hydrogens (tertiary/aromatic N) is 2. The maximum atomic E-state index is 11.0. The number of phenolic OH excluding ortho intramolecular Hbond substituents is 1. The van der Waals surface area contributed by atoms with Gasteiger partial charge in [0.15, 0.2) is 11.5 Å². The van der Waals surface area contributed by atoms with E-state index in [1.165, 1.54) is 0 Å². The monoisotopic (exact) mass is 442 g/mol. The van der Waals surface area contributed by atoms with E-state index in [9.17, 15) is 5.11 Å². The molecule has 4 aromatic rings. The van der Waals surface area contributed by atoms with Crippen molar-refractivity contribution in [2.45, 2.75) is 71.6 Å². The molecule has 0 unspecified atom stereocenters. The van der Waals surface area contributed by atoms with Gasteiger partial charge in [0.2, 0.25) is 0 Å². The third-order valence-corrected chi connectivity index (χ3v) is 6.06. The van der Waals surface area contributed by atoms with Crippen LogP contribution in [0.1, 0.15) is 75.4 Å². The molecule has 4 heteroatoms. The zero-order chi connectivity index (χ0) is 23.8. The van der Waals surface area contributed by atoms with E-state index in [2.05, 4.69) is 70.8 Å². The number of hydrogen-bond acceptors (Lipinski definition) is 4. The summed E-state index contributed by atoms with van der Waals surface area (Å²) in [6.45, 7) is 12.8. The van der Waals surface area contributed by atoms with Crippen molar-refractivity contribution >= 4 is 11.1 Å². The Morgan fingerprint density at radius 2 is 1.55 bits per heavy atom. The van der Waals surface area contributed by atoms with Gasteiger partial charge in [0.1, 0.15) is 11.3 Å². The molecule has 0 bridgehead atoms. The maximum Gasteiger partial charge on any atom is 0.199 e. The molecular formula is C29H34N2O2. The van der Waals surface area contributed by atoms with Gasteiger partial charge < -0.3 is 9.52 Å². The molecule has 4 nitrogen and oxygen atoms in total. The molecule has 0 aliphatic carbocycles. The number of benzene rings is 2. The van der Waals surface area contributed by atoms with Crippen LogP contribution in [0.5, 0.6) is 5.75 Å². The summed E-state index contributed by atoms with van der Waals surface area (Å²) in [5.41, 5.74) is 6.64. The van der Waals surface area contributed by atoms with Gasteiger partial charge in [0, 0.05) is 18.3 Å². The molecule has 0 atom stereocenters. The third-order valence-electron chi connectivity index (χ3n) is 6.06. The van der Waals surface area contributed by atoms with Crippen molar-refractivity contribution in [1.82, 2.24) is 9.97 Å². The molecule has 2 heterocycles. The van der Waals surface area contributed by atoms with Crippen LogP contribution in [0.3, 0.4) is 0 Å². The molecule has 0 spiro atoms. The van der Waals surface area contributed by atoms with Crippen molar-refractivity contribution in [2.24, 2.45) is 0 Å². The van der Waals surface area contributed by atoms with E-state index in [-0.39, 0.29) is 10.8 Å². The first-order valence-electron chi connectivity index (χ1n) is 11.7. The van der Waals surface area contributed by atoms with Crippen molar-refractivity contribution in [1.29, 1.82) is 0 Å². The number of rotatable bonds is 5. The van der Waals surface area contributed by atoms with Crippen molar-refractivity contribution in [3.63, 3.8) is 0 Å². The summed E-state index contributed by atoms with van der Waals surface area (Å²) in [5, 5.41) is 11.0. The molecule has 0 amide bonds. The van der Waals surface area contributed by atoms with Crippen LogP contribution in [-0.2, 0) is 30.1 Å². The van der Waals surface area contributed by atoms with Crippen LogP contribution in [0.2, 0.25) is 0 Å². The van der Waals surface area contributed by atoms with Crippen molar-refractivity contribution in [3.8, 4) is 5.75 Å². The number of para-hydroxylation sites is 1. The van der Waals surface area contributed by atoms with E-state index in [0.717, 1.165) is 51.9 Å². The Morgan fingerprint density at radius 1 is 0.848 bits per heavy atom. The van der Waals surface area contributed by atoms with E-state index in [4.69, 9.17) is 9.40 Å². The highest BCUT2D eigenvalue weighted by Crippen LogP contribution is 2.40. The van der Waals surface area contributed by atoms with Gasteiger partial charge >= 0.3 is 0 Å². The Morgan fingerprint density at radius 3 is 2.15 bits per heavy atom. The number of pyridine rings is 1. The van der Waals surface area contributed by atoms with Gasteiger partial charge in [-0.25, -0.2) is 4.98 Å². The molecule has 2 aromatic carbocycles. The van der Waals surface area contributed by atoms with Crippen LogP contribution < -0.4 is 0 Å². The molecular weight excluding hydrogens is 408 g/mol. The molecule has 0 radical (unpaired) electrons. The van der Waals surface area contributed by atoms with E-state index < -0.39 is 0 Å². The minimum absolute atomic E-state index is 0.167. The van der Waals surface area contributed by atoms with Gasteiger partial charge in [-0.1, -0.05) is 71.9 Å². The summed E-state index contributed by atoms with van der Waals surface area (Å²) in [6, 6.07) is 16.4. The lowest BCUT2D eigenvalue weighted by atomic mass is 9.78. The average Bonchev–Trinajstić information content (AvgIpc) is 3.15. The number of aryl methyl sites for hydroxylation is 2. The quantitative estimate of drug-likeness (QED) is 0.365. The van der Waals surface area contributed by atoms with E-state index in [1.807, 2.05) is 30.5 Å². The SMILES string of the molecule is CC(C)(C)c1cc(Cc2nc3cccc(CCc4ccccn4)c3o2)cc(C(C)(C)C)c1O. The fourth-order valence-corrected chi connectivity index (χ4v) is 4.25. The van der Waals surface area contributed by atoms with Gasteiger partial charge in [-0.2, -0.15) is 0 Å². The first-order valence-corrected chi connectivity index (χ1v) is 11.7. The largest absolute Gasteiger partial charge is 0.507 e. The Hall–Kier alpha value is -3.14. The average molecular weight is 443 g/mol. The first kappa shape index (κ1) is 23.0. The van der Waals surface area contributed by atoms with Crippen LogP contribution in [0.15, 0.2) is 59.1 Å². The van der Waals surface area contributed by atoms with Crippen LogP contribution in [0, 0.1) is 0 Å². The van der Waals surface area contributed by atoms with Crippen molar-refractivity contribution in [2.75, 3.05) is 0 Å². The number of fused-ring (bicyclic) bond motifs is 1. The lowest BCUT2D eigenvalue weighted by molar-refractivity contribution is 0.422. The summed E-state index contributed by atoms with van der Waals surface area (Å²) in [4.78, 5) is 9.22. The molecule has 0 aliphatic rings. The lowest BCUT2D eigenvalue weighted by Gasteiger charge is -2.28. The molecule has 4 rings (SSSR count). The zero-order valence-electron chi connectivity index (χ0n) is 20.6. The summed E-state index contributed by atoms with van der Waals surface area (Å²) >= 11 is 0. The number of phenols is 1. The van der Waals surface area contributed by atoms with Crippen molar-refractivity contribution < 1.29 is 9.52 Å². The van der Waals surface area contributed by atoms with Gasteiger partial charge in [-0.15, -0.1) is 0 Å². The fourth-order valence-electron chi connectivity index (χ4n) is 4.25. The number of aromatic hydroxyl groups is 1. The smallest absolute Gasteiger partial charge is 0.199 e. The Labute approximate surface area is 196 Å². The summed E-state index contributed by atoms with van der Waals surface area (Å²) in [7, 11) is 0. The summed E-state index contributed by atoms with van der Waals surface area (Å²) < 4.78 is 6.28. The second kappa shape index (κ2) is 8.66. The number of hydrogen-bond donors (Lipinski definition) is 1. The normalized spacial score (nSPS) is 12.4. The first-order chi connectivity index (χ1) is 15.5. The molecule has 2 aromatic heterocycles. The Balaban J connectivity index is 1.67. The molecule has 172 valence electrons. The Kier molecular flexibility index (Phi) is 6.04. The van der Waals surface area contributed by atoms with Gasteiger partial charge in [0.05, 0.1) is 0 Å². The predicted octanol–water partition coefficient (Wildman–Crippen LogP) is 6.90. The standard InChI is InChI=1S/C29H34N2O2/c1-28(2,3)22-16-19(17-23(26(22)32)29(4,5)6)18-25-31-24-12-9-10-20(27(24)33-25)13-14-21-11-7-8-15-30-21/h7-12,15-17,32H,13-14,18H2,1-6H3. The molecule has 0 saturated heterocycles. The van der Waals surface area contributed by atoms with Crippen LogP contribution in [-0.4, -0.2) is 15.1 Å². The van der Waals surface area contributed by atoms with E-state index in [0.29, 0.717) is 18.1 Å². The molecule has 0 fully saturated rings. The summed E-state index contributed by atoms with van der Waals surface area (Å²) in [5.74, 6) is 1.09. The molecule has 33 heavy (non-hydrogen) atoms. The Bertz CT molecular complexity index is 1220. The minimum Gasteiger partial charge on any atom is -0.507 e. The topological polar surface area (TPSA) is 59.2 Å². The second-order valence-electron chi connectivity index (χ2n) is 10.9. The minimum atomic E-state index is -0.167. The van der Waals surface area contributed by atoms with E-state index in [1.54, 1.807) is 0 Å². The maximum absolute atomic E-state index is 11.0. The third kappa shape index (κ3) is 5.11. The highest BCUT2D eigenvalue weighted by atomic mass is 16.3. The van der Waals surface area contributed by atoms with E-state index >= 15 is 0 Å². The van der Waals surface area contributed by atoms with Gasteiger partial charge in [0.25, 0.3) is 0 Å².